The van der Waals surface area contributed by atoms with Gasteiger partial charge in [0.2, 0.25) is 0 Å². The molecule has 2 nitrogen and oxygen atoms in total. The van der Waals surface area contributed by atoms with Crippen LogP contribution in [0.15, 0.2) is 0 Å². The summed E-state index contributed by atoms with van der Waals surface area (Å²) < 4.78 is 18.7. The Morgan fingerprint density at radius 3 is 3.15 bits per heavy atom. The van der Waals surface area contributed by atoms with Gasteiger partial charge in [0.1, 0.15) is 6.17 Å². The minimum absolute atomic E-state index is 0.136. The molecule has 78 valence electrons. The second kappa shape index (κ2) is 6.33. The van der Waals surface area contributed by atoms with Gasteiger partial charge in [0.25, 0.3) is 0 Å². The van der Waals surface area contributed by atoms with Crippen LogP contribution in [0.25, 0.3) is 0 Å². The highest BCUT2D eigenvalue weighted by Gasteiger charge is 2.19. The van der Waals surface area contributed by atoms with Crippen molar-refractivity contribution in [3.8, 4) is 0 Å². The lowest BCUT2D eigenvalue weighted by Gasteiger charge is -2.15. The van der Waals surface area contributed by atoms with Gasteiger partial charge in [-0.15, -0.1) is 0 Å². The van der Waals surface area contributed by atoms with Crippen LogP contribution in [0.5, 0.6) is 0 Å². The maximum Gasteiger partial charge on any atom is 0.115 e. The molecule has 0 aliphatic carbocycles. The minimum Gasteiger partial charge on any atom is -0.378 e. The number of unbranched alkanes of at least 4 members (excludes halogenated alkanes) is 1. The molecule has 0 aromatic rings. The van der Waals surface area contributed by atoms with Gasteiger partial charge in [-0.25, -0.2) is 4.39 Å². The third kappa shape index (κ3) is 4.58. The van der Waals surface area contributed by atoms with Crippen LogP contribution >= 0.6 is 0 Å². The standard InChI is InChI=1S/C10H20FNO/c1-2-3-6-13-10-4-5-12-8-9(11)7-10/h9-10,12H,2-8H2,1H3. The second-order valence-electron chi connectivity index (χ2n) is 3.67. The monoisotopic (exact) mass is 189 g/mol. The molecule has 2 atom stereocenters. The Morgan fingerprint density at radius 2 is 2.38 bits per heavy atom. The molecule has 0 amide bonds. The summed E-state index contributed by atoms with van der Waals surface area (Å²) in [7, 11) is 0. The third-order valence-corrected chi connectivity index (χ3v) is 2.38. The van der Waals surface area contributed by atoms with Gasteiger partial charge in [-0.3, -0.25) is 0 Å². The lowest BCUT2D eigenvalue weighted by atomic mass is 10.1. The van der Waals surface area contributed by atoms with E-state index >= 15 is 0 Å². The molecule has 0 aromatic heterocycles. The number of hydrogen-bond acceptors (Lipinski definition) is 2. The average molecular weight is 189 g/mol. The summed E-state index contributed by atoms with van der Waals surface area (Å²) in [6.07, 6.45) is 3.15. The van der Waals surface area contributed by atoms with Crippen molar-refractivity contribution < 1.29 is 9.13 Å². The van der Waals surface area contributed by atoms with Crippen molar-refractivity contribution in [2.45, 2.75) is 44.9 Å². The number of halogens is 1. The molecule has 0 radical (unpaired) electrons. The van der Waals surface area contributed by atoms with Crippen LogP contribution < -0.4 is 5.32 Å². The molecular weight excluding hydrogens is 169 g/mol. The summed E-state index contributed by atoms with van der Waals surface area (Å²) in [6, 6.07) is 0. The third-order valence-electron chi connectivity index (χ3n) is 2.38. The zero-order chi connectivity index (χ0) is 9.52. The molecule has 1 N–H and O–H groups in total. The van der Waals surface area contributed by atoms with Crippen molar-refractivity contribution in [1.82, 2.24) is 5.32 Å². The van der Waals surface area contributed by atoms with Gasteiger partial charge >= 0.3 is 0 Å². The van der Waals surface area contributed by atoms with Gasteiger partial charge in [-0.1, -0.05) is 13.3 Å². The van der Waals surface area contributed by atoms with Crippen molar-refractivity contribution in [3.63, 3.8) is 0 Å². The van der Waals surface area contributed by atoms with Gasteiger partial charge in [-0.2, -0.15) is 0 Å². The van der Waals surface area contributed by atoms with Crippen molar-refractivity contribution in [2.75, 3.05) is 19.7 Å². The second-order valence-corrected chi connectivity index (χ2v) is 3.67. The van der Waals surface area contributed by atoms with E-state index in [1.54, 1.807) is 0 Å². The van der Waals surface area contributed by atoms with Crippen LogP contribution in [0.4, 0.5) is 4.39 Å². The van der Waals surface area contributed by atoms with Gasteiger partial charge in [-0.05, 0) is 19.4 Å². The van der Waals surface area contributed by atoms with E-state index in [2.05, 4.69) is 12.2 Å². The smallest absolute Gasteiger partial charge is 0.115 e. The summed E-state index contributed by atoms with van der Waals surface area (Å²) in [5.41, 5.74) is 0. The normalized spacial score (nSPS) is 30.0. The van der Waals surface area contributed by atoms with Crippen molar-refractivity contribution in [2.24, 2.45) is 0 Å². The summed E-state index contributed by atoms with van der Waals surface area (Å²) in [4.78, 5) is 0. The minimum atomic E-state index is -0.728. The van der Waals surface area contributed by atoms with Gasteiger partial charge in [0.05, 0.1) is 6.10 Å². The Morgan fingerprint density at radius 1 is 1.54 bits per heavy atom. The quantitative estimate of drug-likeness (QED) is 0.682. The molecule has 0 aromatic carbocycles. The maximum atomic E-state index is 13.1. The number of hydrogen-bond donors (Lipinski definition) is 1. The first-order valence-corrected chi connectivity index (χ1v) is 5.29. The first-order chi connectivity index (χ1) is 6.33. The summed E-state index contributed by atoms with van der Waals surface area (Å²) in [6.45, 7) is 4.30. The summed E-state index contributed by atoms with van der Waals surface area (Å²) in [5.74, 6) is 0. The molecular formula is C10H20FNO. The number of rotatable bonds is 4. The highest BCUT2D eigenvalue weighted by molar-refractivity contribution is 4.73. The molecule has 2 unspecified atom stereocenters. The Hall–Kier alpha value is -0.150. The van der Waals surface area contributed by atoms with E-state index in [1.165, 1.54) is 0 Å². The van der Waals surface area contributed by atoms with Crippen LogP contribution in [-0.2, 0) is 4.74 Å². The average Bonchev–Trinajstić information content (AvgIpc) is 2.31. The molecule has 1 aliphatic heterocycles. The van der Waals surface area contributed by atoms with Crippen LogP contribution in [0.2, 0.25) is 0 Å². The molecule has 1 rings (SSSR count). The fraction of sp³-hybridized carbons (Fsp3) is 1.00. The number of alkyl halides is 1. The molecule has 1 fully saturated rings. The molecule has 1 aliphatic rings. The van der Waals surface area contributed by atoms with Gasteiger partial charge < -0.3 is 10.1 Å². The first-order valence-electron chi connectivity index (χ1n) is 5.29. The first kappa shape index (κ1) is 10.9. The van der Waals surface area contributed by atoms with Crippen molar-refractivity contribution >= 4 is 0 Å². The summed E-state index contributed by atoms with van der Waals surface area (Å²) >= 11 is 0. The van der Waals surface area contributed by atoms with E-state index in [4.69, 9.17) is 4.74 Å². The van der Waals surface area contributed by atoms with Gasteiger partial charge in [0, 0.05) is 19.6 Å². The summed E-state index contributed by atoms with van der Waals surface area (Å²) in [5, 5.41) is 3.06. The molecule has 0 saturated carbocycles. The Balaban J connectivity index is 2.15. The fourth-order valence-corrected chi connectivity index (χ4v) is 1.55. The van der Waals surface area contributed by atoms with Crippen molar-refractivity contribution in [3.05, 3.63) is 0 Å². The molecule has 3 heteroatoms. The van der Waals surface area contributed by atoms with Crippen molar-refractivity contribution in [1.29, 1.82) is 0 Å². The number of nitrogens with one attached hydrogen (secondary N) is 1. The van der Waals surface area contributed by atoms with Gasteiger partial charge in [0.15, 0.2) is 0 Å². The van der Waals surface area contributed by atoms with Crippen LogP contribution in [0, 0.1) is 0 Å². The van der Waals surface area contributed by atoms with Crippen LogP contribution in [0.3, 0.4) is 0 Å². The molecule has 13 heavy (non-hydrogen) atoms. The lowest BCUT2D eigenvalue weighted by Crippen LogP contribution is -2.21. The number of ether oxygens (including phenoxy) is 1. The maximum absolute atomic E-state index is 13.1. The SMILES string of the molecule is CCCCOC1CCNCC(F)C1. The molecule has 0 spiro atoms. The highest BCUT2D eigenvalue weighted by Crippen LogP contribution is 2.12. The lowest BCUT2D eigenvalue weighted by molar-refractivity contribution is 0.0318. The van der Waals surface area contributed by atoms with E-state index < -0.39 is 6.17 Å². The van der Waals surface area contributed by atoms with E-state index in [-0.39, 0.29) is 6.10 Å². The largest absolute Gasteiger partial charge is 0.378 e. The highest BCUT2D eigenvalue weighted by atomic mass is 19.1. The Bertz CT molecular complexity index is 132. The fourth-order valence-electron chi connectivity index (χ4n) is 1.55. The Labute approximate surface area is 79.8 Å². The predicted octanol–water partition coefficient (Wildman–Crippen LogP) is 1.89. The Kier molecular flexibility index (Phi) is 5.32. The predicted molar refractivity (Wildman–Crippen MR) is 51.6 cm³/mol. The zero-order valence-corrected chi connectivity index (χ0v) is 8.39. The molecule has 1 heterocycles. The van der Waals surface area contributed by atoms with Crippen LogP contribution in [0.1, 0.15) is 32.6 Å². The van der Waals surface area contributed by atoms with E-state index in [0.717, 1.165) is 32.4 Å². The molecule has 0 bridgehead atoms. The van der Waals surface area contributed by atoms with E-state index in [9.17, 15) is 4.39 Å². The zero-order valence-electron chi connectivity index (χ0n) is 8.39. The topological polar surface area (TPSA) is 21.3 Å². The van der Waals surface area contributed by atoms with E-state index in [1.807, 2.05) is 0 Å². The molecule has 1 saturated heterocycles. The van der Waals surface area contributed by atoms with Crippen LogP contribution in [-0.4, -0.2) is 32.0 Å². The van der Waals surface area contributed by atoms with E-state index in [0.29, 0.717) is 13.0 Å².